The van der Waals surface area contributed by atoms with E-state index >= 15 is 0 Å². The second-order valence-corrected chi connectivity index (χ2v) is 4.12. The van der Waals surface area contributed by atoms with Gasteiger partial charge in [-0.1, -0.05) is 12.1 Å². The maximum absolute atomic E-state index is 9.30. The predicted octanol–water partition coefficient (Wildman–Crippen LogP) is 1.97. The lowest BCUT2D eigenvalue weighted by atomic mass is 10.1. The number of fused-ring (bicyclic) bond motifs is 1. The predicted molar refractivity (Wildman–Crippen MR) is 69.0 cm³/mol. The molecule has 0 unspecified atom stereocenters. The van der Waals surface area contributed by atoms with Crippen molar-refractivity contribution in [3.8, 4) is 0 Å². The number of aliphatic hydroxyl groups excluding tert-OH is 1. The van der Waals surface area contributed by atoms with Gasteiger partial charge in [0.1, 0.15) is 5.82 Å². The summed E-state index contributed by atoms with van der Waals surface area (Å²) in [6, 6.07) is 9.75. The van der Waals surface area contributed by atoms with Crippen molar-refractivity contribution in [1.29, 1.82) is 0 Å². The second-order valence-electron chi connectivity index (χ2n) is 4.12. The van der Waals surface area contributed by atoms with Gasteiger partial charge in [-0.25, -0.2) is 9.97 Å². The van der Waals surface area contributed by atoms with E-state index in [1.807, 2.05) is 30.5 Å². The van der Waals surface area contributed by atoms with Crippen molar-refractivity contribution in [2.75, 3.05) is 0 Å². The second kappa shape index (κ2) is 4.58. The topological polar surface area (TPSA) is 50.9 Å². The molecule has 2 heterocycles. The van der Waals surface area contributed by atoms with Gasteiger partial charge in [0.2, 0.25) is 0 Å². The Labute approximate surface area is 105 Å². The minimum atomic E-state index is 0.0587. The van der Waals surface area contributed by atoms with Crippen LogP contribution in [0.15, 0.2) is 48.9 Å². The molecule has 90 valence electrons. The van der Waals surface area contributed by atoms with Crippen LogP contribution in [0.1, 0.15) is 11.4 Å². The zero-order valence-corrected chi connectivity index (χ0v) is 9.82. The van der Waals surface area contributed by atoms with E-state index in [0.717, 1.165) is 22.3 Å². The largest absolute Gasteiger partial charge is 0.392 e. The fourth-order valence-electron chi connectivity index (χ4n) is 2.13. The molecule has 0 aliphatic rings. The summed E-state index contributed by atoms with van der Waals surface area (Å²) < 4.78 is 2.09. The summed E-state index contributed by atoms with van der Waals surface area (Å²) in [5.41, 5.74) is 2.04. The summed E-state index contributed by atoms with van der Waals surface area (Å²) in [4.78, 5) is 8.44. The molecule has 0 amide bonds. The molecule has 0 spiro atoms. The first-order chi connectivity index (χ1) is 8.88. The molecule has 1 aromatic carbocycles. The van der Waals surface area contributed by atoms with E-state index in [9.17, 15) is 5.11 Å². The fraction of sp³-hybridized carbons (Fsp3) is 0.143. The van der Waals surface area contributed by atoms with E-state index in [1.165, 1.54) is 0 Å². The Balaban J connectivity index is 2.03. The van der Waals surface area contributed by atoms with Gasteiger partial charge in [-0.05, 0) is 23.8 Å². The molecular weight excluding hydrogens is 226 g/mol. The molecule has 18 heavy (non-hydrogen) atoms. The molecule has 0 aliphatic heterocycles. The highest BCUT2D eigenvalue weighted by molar-refractivity contribution is 5.83. The Kier molecular flexibility index (Phi) is 2.78. The van der Waals surface area contributed by atoms with Crippen LogP contribution in [0.2, 0.25) is 0 Å². The molecule has 3 rings (SSSR count). The first-order valence-electron chi connectivity index (χ1n) is 5.82. The molecule has 0 aliphatic carbocycles. The van der Waals surface area contributed by atoms with Crippen LogP contribution in [0.25, 0.3) is 10.9 Å². The number of hydrogen-bond acceptors (Lipinski definition) is 3. The highest BCUT2D eigenvalue weighted by Gasteiger charge is 2.05. The average Bonchev–Trinajstić information content (AvgIpc) is 2.83. The Morgan fingerprint density at radius 1 is 1.06 bits per heavy atom. The minimum absolute atomic E-state index is 0.0587. The molecule has 4 heteroatoms. The normalized spacial score (nSPS) is 10.9. The molecule has 0 radical (unpaired) electrons. The fourth-order valence-corrected chi connectivity index (χ4v) is 2.13. The van der Waals surface area contributed by atoms with Crippen LogP contribution in [0.4, 0.5) is 0 Å². The summed E-state index contributed by atoms with van der Waals surface area (Å²) in [7, 11) is 0. The summed E-state index contributed by atoms with van der Waals surface area (Å²) in [5.74, 6) is 0.782. The maximum atomic E-state index is 9.30. The van der Waals surface area contributed by atoms with E-state index < -0.39 is 0 Å². The summed E-state index contributed by atoms with van der Waals surface area (Å²) in [6.45, 7) is 0.697. The number of hydrogen-bond donors (Lipinski definition) is 1. The molecule has 3 aromatic rings. The van der Waals surface area contributed by atoms with Gasteiger partial charge in [0.15, 0.2) is 0 Å². The van der Waals surface area contributed by atoms with Crippen molar-refractivity contribution in [2.45, 2.75) is 13.2 Å². The molecule has 0 saturated heterocycles. The van der Waals surface area contributed by atoms with Gasteiger partial charge in [-0.3, -0.25) is 0 Å². The Hall–Kier alpha value is -2.20. The standard InChI is InChI=1S/C14H13N3O/c18-10-11-3-1-4-13-12(11)5-8-17(13)9-14-15-6-2-7-16-14/h1-8,18H,9-10H2. The molecule has 0 atom stereocenters. The van der Waals surface area contributed by atoms with Crippen LogP contribution in [-0.2, 0) is 13.2 Å². The number of rotatable bonds is 3. The van der Waals surface area contributed by atoms with E-state index in [4.69, 9.17) is 0 Å². The molecule has 0 saturated carbocycles. The summed E-state index contributed by atoms with van der Waals surface area (Å²) >= 11 is 0. The van der Waals surface area contributed by atoms with E-state index in [-0.39, 0.29) is 6.61 Å². The lowest BCUT2D eigenvalue weighted by molar-refractivity contribution is 0.283. The molecular formula is C14H13N3O. The molecule has 0 bridgehead atoms. The van der Waals surface area contributed by atoms with Crippen molar-refractivity contribution in [3.63, 3.8) is 0 Å². The smallest absolute Gasteiger partial charge is 0.147 e. The van der Waals surface area contributed by atoms with Gasteiger partial charge in [-0.2, -0.15) is 0 Å². The SMILES string of the molecule is OCc1cccc2c1ccn2Cc1ncccn1. The molecule has 4 nitrogen and oxygen atoms in total. The van der Waals surface area contributed by atoms with Crippen LogP contribution in [0.5, 0.6) is 0 Å². The zero-order valence-electron chi connectivity index (χ0n) is 9.82. The van der Waals surface area contributed by atoms with Crippen LogP contribution in [-0.4, -0.2) is 19.6 Å². The third-order valence-electron chi connectivity index (χ3n) is 3.01. The quantitative estimate of drug-likeness (QED) is 0.760. The van der Waals surface area contributed by atoms with Crippen molar-refractivity contribution < 1.29 is 5.11 Å². The number of nitrogens with zero attached hydrogens (tertiary/aromatic N) is 3. The molecule has 0 fully saturated rings. The Morgan fingerprint density at radius 2 is 1.89 bits per heavy atom. The van der Waals surface area contributed by atoms with Gasteiger partial charge in [0, 0.05) is 29.5 Å². The van der Waals surface area contributed by atoms with Crippen molar-refractivity contribution in [3.05, 3.63) is 60.3 Å². The number of aromatic nitrogens is 3. The molecule has 1 N–H and O–H groups in total. The van der Waals surface area contributed by atoms with Crippen LogP contribution < -0.4 is 0 Å². The monoisotopic (exact) mass is 239 g/mol. The Morgan fingerprint density at radius 3 is 2.67 bits per heavy atom. The van der Waals surface area contributed by atoms with E-state index in [2.05, 4.69) is 14.5 Å². The highest BCUT2D eigenvalue weighted by Crippen LogP contribution is 2.20. The van der Waals surface area contributed by atoms with Crippen molar-refractivity contribution in [2.24, 2.45) is 0 Å². The van der Waals surface area contributed by atoms with Gasteiger partial charge >= 0.3 is 0 Å². The van der Waals surface area contributed by atoms with Crippen LogP contribution in [0, 0.1) is 0 Å². The van der Waals surface area contributed by atoms with Crippen LogP contribution in [0.3, 0.4) is 0 Å². The van der Waals surface area contributed by atoms with Gasteiger partial charge < -0.3 is 9.67 Å². The minimum Gasteiger partial charge on any atom is -0.392 e. The van der Waals surface area contributed by atoms with Crippen molar-refractivity contribution >= 4 is 10.9 Å². The average molecular weight is 239 g/mol. The zero-order chi connectivity index (χ0) is 12.4. The summed E-state index contributed by atoms with van der Waals surface area (Å²) in [6.07, 6.45) is 5.49. The maximum Gasteiger partial charge on any atom is 0.147 e. The third kappa shape index (κ3) is 1.87. The first-order valence-corrected chi connectivity index (χ1v) is 5.82. The van der Waals surface area contributed by atoms with Crippen LogP contribution >= 0.6 is 0 Å². The van der Waals surface area contributed by atoms with E-state index in [1.54, 1.807) is 18.5 Å². The highest BCUT2D eigenvalue weighted by atomic mass is 16.3. The third-order valence-corrected chi connectivity index (χ3v) is 3.01. The van der Waals surface area contributed by atoms with Crippen molar-refractivity contribution in [1.82, 2.24) is 14.5 Å². The molecule has 2 aromatic heterocycles. The first kappa shape index (κ1) is 10.9. The van der Waals surface area contributed by atoms with Gasteiger partial charge in [0.05, 0.1) is 13.2 Å². The number of benzene rings is 1. The van der Waals surface area contributed by atoms with Gasteiger partial charge in [0.25, 0.3) is 0 Å². The van der Waals surface area contributed by atoms with E-state index in [0.29, 0.717) is 6.54 Å². The number of aliphatic hydroxyl groups is 1. The van der Waals surface area contributed by atoms with Gasteiger partial charge in [-0.15, -0.1) is 0 Å². The lowest BCUT2D eigenvalue weighted by Gasteiger charge is -2.05. The summed E-state index contributed by atoms with van der Waals surface area (Å²) in [5, 5.41) is 10.4. The Bertz CT molecular complexity index is 661. The lowest BCUT2D eigenvalue weighted by Crippen LogP contribution is -2.02.